The fourth-order valence-electron chi connectivity index (χ4n) is 4.01. The number of allylic oxidation sites excluding steroid dienone is 1. The molecule has 0 spiro atoms. The second kappa shape index (κ2) is 10.5. The van der Waals surface area contributed by atoms with Crippen molar-refractivity contribution in [2.45, 2.75) is 37.6 Å². The predicted molar refractivity (Wildman–Crippen MR) is 118 cm³/mol. The molecule has 3 unspecified atom stereocenters. The molecule has 3 atom stereocenters. The van der Waals surface area contributed by atoms with Crippen LogP contribution in [0.4, 0.5) is 0 Å². The number of ether oxygens (including phenoxy) is 1. The van der Waals surface area contributed by atoms with Crippen LogP contribution in [0, 0.1) is 0 Å². The zero-order valence-electron chi connectivity index (χ0n) is 17.5. The highest BCUT2D eigenvalue weighted by atomic mass is 16.5. The van der Waals surface area contributed by atoms with Crippen molar-refractivity contribution < 1.29 is 14.3 Å². The van der Waals surface area contributed by atoms with E-state index in [-0.39, 0.29) is 23.6 Å². The standard InChI is InChI=1S/C25H28N2O3/c1-3-21(28)18-22(19-12-6-4-7-13-19)23(20-14-8-5-9-15-20)24(25(29)30-2)27-17-11-10-16-26-27/h4-16,22-24H,3,17-18H2,1-2H3. The molecule has 1 aliphatic rings. The van der Waals surface area contributed by atoms with Crippen molar-refractivity contribution in [2.24, 2.45) is 5.10 Å². The molecule has 3 rings (SSSR count). The van der Waals surface area contributed by atoms with Gasteiger partial charge in [0.15, 0.2) is 6.04 Å². The fraction of sp³-hybridized carbons (Fsp3) is 0.320. The number of benzene rings is 2. The number of hydrazone groups is 1. The summed E-state index contributed by atoms with van der Waals surface area (Å²) in [6.45, 7) is 2.38. The maximum absolute atomic E-state index is 13.1. The largest absolute Gasteiger partial charge is 0.467 e. The summed E-state index contributed by atoms with van der Waals surface area (Å²) in [5.74, 6) is -0.692. The number of rotatable bonds is 9. The van der Waals surface area contributed by atoms with E-state index < -0.39 is 6.04 Å². The van der Waals surface area contributed by atoms with E-state index in [1.165, 1.54) is 7.11 Å². The van der Waals surface area contributed by atoms with Crippen LogP contribution in [0.25, 0.3) is 0 Å². The Bertz CT molecular complexity index is 893. The number of hydrogen-bond donors (Lipinski definition) is 0. The third-order valence-corrected chi connectivity index (χ3v) is 5.52. The number of esters is 1. The molecule has 0 fully saturated rings. The summed E-state index contributed by atoms with van der Waals surface area (Å²) in [7, 11) is 1.40. The van der Waals surface area contributed by atoms with E-state index in [1.807, 2.05) is 79.7 Å². The zero-order chi connectivity index (χ0) is 21.3. The quantitative estimate of drug-likeness (QED) is 0.584. The van der Waals surface area contributed by atoms with Crippen LogP contribution >= 0.6 is 0 Å². The molecule has 0 saturated carbocycles. The summed E-state index contributed by atoms with van der Waals surface area (Å²) in [6.07, 6.45) is 6.30. The van der Waals surface area contributed by atoms with Crippen LogP contribution in [0.3, 0.4) is 0 Å². The topological polar surface area (TPSA) is 59.0 Å². The molecule has 2 aromatic carbocycles. The lowest BCUT2D eigenvalue weighted by molar-refractivity contribution is -0.148. The molecule has 1 heterocycles. The van der Waals surface area contributed by atoms with Gasteiger partial charge in [0, 0.05) is 30.9 Å². The zero-order valence-corrected chi connectivity index (χ0v) is 17.5. The van der Waals surface area contributed by atoms with E-state index >= 15 is 0 Å². The minimum Gasteiger partial charge on any atom is -0.467 e. The van der Waals surface area contributed by atoms with Gasteiger partial charge in [0.2, 0.25) is 0 Å². The Hall–Kier alpha value is -3.21. The van der Waals surface area contributed by atoms with Crippen molar-refractivity contribution >= 4 is 18.0 Å². The molecule has 30 heavy (non-hydrogen) atoms. The number of nitrogens with zero attached hydrogens (tertiary/aromatic N) is 2. The SMILES string of the molecule is CCC(=O)CC(c1ccccc1)C(c1ccccc1)C(C(=O)OC)N1CC=CC=N1. The van der Waals surface area contributed by atoms with Gasteiger partial charge in [-0.3, -0.25) is 9.80 Å². The van der Waals surface area contributed by atoms with Gasteiger partial charge in [-0.15, -0.1) is 0 Å². The highest BCUT2D eigenvalue weighted by molar-refractivity contribution is 5.81. The predicted octanol–water partition coefficient (Wildman–Crippen LogP) is 4.32. The van der Waals surface area contributed by atoms with Gasteiger partial charge in [-0.2, -0.15) is 5.10 Å². The Kier molecular flexibility index (Phi) is 7.55. The summed E-state index contributed by atoms with van der Waals surface area (Å²) < 4.78 is 5.22. The number of carbonyl (C=O) groups is 2. The molecule has 0 bridgehead atoms. The van der Waals surface area contributed by atoms with Crippen molar-refractivity contribution in [1.82, 2.24) is 5.01 Å². The summed E-state index contributed by atoms with van der Waals surface area (Å²) in [6, 6.07) is 19.2. The number of carbonyl (C=O) groups excluding carboxylic acids is 2. The van der Waals surface area contributed by atoms with Gasteiger partial charge in [-0.05, 0) is 17.2 Å². The normalized spacial score (nSPS) is 16.0. The maximum Gasteiger partial charge on any atom is 0.330 e. The van der Waals surface area contributed by atoms with Gasteiger partial charge in [-0.25, -0.2) is 4.79 Å². The number of Topliss-reactive ketones (excluding diaryl/α,β-unsaturated/α-hetero) is 1. The Morgan fingerprint density at radius 2 is 1.67 bits per heavy atom. The molecule has 156 valence electrons. The summed E-state index contributed by atoms with van der Waals surface area (Å²) >= 11 is 0. The number of ketones is 1. The van der Waals surface area contributed by atoms with E-state index in [0.717, 1.165) is 11.1 Å². The summed E-state index contributed by atoms with van der Waals surface area (Å²) in [4.78, 5) is 25.7. The smallest absolute Gasteiger partial charge is 0.330 e. The third-order valence-electron chi connectivity index (χ3n) is 5.52. The molecular weight excluding hydrogens is 376 g/mol. The van der Waals surface area contributed by atoms with Crippen molar-refractivity contribution in [2.75, 3.05) is 13.7 Å². The van der Waals surface area contributed by atoms with Gasteiger partial charge < -0.3 is 4.74 Å². The molecule has 1 aliphatic heterocycles. The van der Waals surface area contributed by atoms with Gasteiger partial charge in [0.1, 0.15) is 5.78 Å². The Morgan fingerprint density at radius 3 is 2.20 bits per heavy atom. The first-order valence-electron chi connectivity index (χ1n) is 10.3. The van der Waals surface area contributed by atoms with Crippen molar-refractivity contribution in [1.29, 1.82) is 0 Å². The first-order chi connectivity index (χ1) is 14.7. The van der Waals surface area contributed by atoms with Crippen LogP contribution in [0.2, 0.25) is 0 Å². The van der Waals surface area contributed by atoms with E-state index in [2.05, 4.69) is 5.10 Å². The fourth-order valence-corrected chi connectivity index (χ4v) is 4.01. The molecule has 5 heteroatoms. The van der Waals surface area contributed by atoms with E-state index in [1.54, 1.807) is 11.2 Å². The molecule has 2 aromatic rings. The highest BCUT2D eigenvalue weighted by Crippen LogP contribution is 2.41. The average Bonchev–Trinajstić information content (AvgIpc) is 2.82. The van der Waals surface area contributed by atoms with Crippen LogP contribution in [0.5, 0.6) is 0 Å². The molecular formula is C25H28N2O3. The Balaban J connectivity index is 2.15. The lowest BCUT2D eigenvalue weighted by atomic mass is 9.74. The van der Waals surface area contributed by atoms with Gasteiger partial charge >= 0.3 is 5.97 Å². The van der Waals surface area contributed by atoms with Crippen LogP contribution in [-0.2, 0) is 14.3 Å². The molecule has 0 N–H and O–H groups in total. The minimum absolute atomic E-state index is 0.162. The van der Waals surface area contributed by atoms with Crippen LogP contribution < -0.4 is 0 Å². The molecule has 0 amide bonds. The van der Waals surface area contributed by atoms with E-state index in [4.69, 9.17) is 4.74 Å². The Labute approximate surface area is 178 Å². The van der Waals surface area contributed by atoms with Crippen LogP contribution in [-0.4, -0.2) is 42.7 Å². The first kappa shape index (κ1) is 21.5. The molecule has 0 aromatic heterocycles. The third kappa shape index (κ3) is 5.03. The summed E-state index contributed by atoms with van der Waals surface area (Å²) in [5, 5.41) is 6.22. The lowest BCUT2D eigenvalue weighted by Crippen LogP contribution is -2.46. The number of methoxy groups -OCH3 is 1. The maximum atomic E-state index is 13.1. The van der Waals surface area contributed by atoms with Crippen LogP contribution in [0.15, 0.2) is 77.9 Å². The Morgan fingerprint density at radius 1 is 1.03 bits per heavy atom. The minimum atomic E-state index is -0.659. The molecule has 0 radical (unpaired) electrons. The highest BCUT2D eigenvalue weighted by Gasteiger charge is 2.41. The van der Waals surface area contributed by atoms with E-state index in [0.29, 0.717) is 19.4 Å². The summed E-state index contributed by atoms with van der Waals surface area (Å²) in [5.41, 5.74) is 2.01. The molecule has 0 aliphatic carbocycles. The second-order valence-electron chi connectivity index (χ2n) is 7.33. The average molecular weight is 405 g/mol. The molecule has 5 nitrogen and oxygen atoms in total. The van der Waals surface area contributed by atoms with Crippen LogP contribution in [0.1, 0.15) is 42.7 Å². The van der Waals surface area contributed by atoms with Crippen molar-refractivity contribution in [3.63, 3.8) is 0 Å². The monoisotopic (exact) mass is 404 g/mol. The van der Waals surface area contributed by atoms with Gasteiger partial charge in [-0.1, -0.05) is 73.7 Å². The van der Waals surface area contributed by atoms with Crippen molar-refractivity contribution in [3.05, 3.63) is 83.9 Å². The first-order valence-corrected chi connectivity index (χ1v) is 10.3. The lowest BCUT2D eigenvalue weighted by Gasteiger charge is -2.38. The van der Waals surface area contributed by atoms with Crippen molar-refractivity contribution in [3.8, 4) is 0 Å². The van der Waals surface area contributed by atoms with E-state index in [9.17, 15) is 9.59 Å². The van der Waals surface area contributed by atoms with Gasteiger partial charge in [0.05, 0.1) is 13.7 Å². The number of hydrogen-bond acceptors (Lipinski definition) is 5. The molecule has 0 saturated heterocycles. The van der Waals surface area contributed by atoms with Gasteiger partial charge in [0.25, 0.3) is 0 Å². The second-order valence-corrected chi connectivity index (χ2v) is 7.33.